The summed E-state index contributed by atoms with van der Waals surface area (Å²) in [7, 11) is 0. The van der Waals surface area contributed by atoms with Gasteiger partial charge in [-0.25, -0.2) is 4.79 Å². The second-order valence-electron chi connectivity index (χ2n) is 5.91. The number of benzene rings is 1. The number of aryl methyl sites for hydroxylation is 1. The number of aromatic nitrogens is 3. The van der Waals surface area contributed by atoms with Gasteiger partial charge in [-0.05, 0) is 24.8 Å². The molecule has 0 unspecified atom stereocenters. The van der Waals surface area contributed by atoms with Gasteiger partial charge in [0.2, 0.25) is 0 Å². The average molecular weight is 329 g/mol. The molecule has 2 N–H and O–H groups in total. The second-order valence-corrected chi connectivity index (χ2v) is 5.91. The number of urea groups is 1. The maximum Gasteiger partial charge on any atom is 0.315 e. The van der Waals surface area contributed by atoms with E-state index in [-0.39, 0.29) is 18.2 Å². The molecule has 128 valence electrons. The molecule has 1 fully saturated rings. The zero-order chi connectivity index (χ0) is 16.6. The van der Waals surface area contributed by atoms with Gasteiger partial charge in [-0.3, -0.25) is 4.68 Å². The summed E-state index contributed by atoms with van der Waals surface area (Å²) in [6.07, 6.45) is 5.97. The number of nitrogens with one attached hydrogen (secondary N) is 2. The van der Waals surface area contributed by atoms with E-state index in [0.29, 0.717) is 13.2 Å². The quantitative estimate of drug-likeness (QED) is 0.793. The van der Waals surface area contributed by atoms with Gasteiger partial charge in [-0.1, -0.05) is 35.5 Å². The van der Waals surface area contributed by atoms with Crippen LogP contribution in [0, 0.1) is 0 Å². The Balaban J connectivity index is 1.38. The summed E-state index contributed by atoms with van der Waals surface area (Å²) in [5.41, 5.74) is 1.16. The zero-order valence-corrected chi connectivity index (χ0v) is 13.6. The van der Waals surface area contributed by atoms with Crippen molar-refractivity contribution in [1.29, 1.82) is 0 Å². The highest BCUT2D eigenvalue weighted by Crippen LogP contribution is 2.27. The van der Waals surface area contributed by atoms with E-state index in [2.05, 4.69) is 33.1 Å². The van der Waals surface area contributed by atoms with Crippen LogP contribution in [0.25, 0.3) is 0 Å². The number of amides is 2. The number of hydrogen-bond donors (Lipinski definition) is 2. The molecule has 1 aromatic carbocycles. The van der Waals surface area contributed by atoms with Crippen LogP contribution in [0.3, 0.4) is 0 Å². The van der Waals surface area contributed by atoms with E-state index in [0.717, 1.165) is 31.4 Å². The molecule has 2 heterocycles. The third-order valence-corrected chi connectivity index (χ3v) is 4.11. The minimum Gasteiger partial charge on any atom is -0.373 e. The number of hydrogen-bond acceptors (Lipinski definition) is 4. The van der Waals surface area contributed by atoms with Crippen molar-refractivity contribution in [1.82, 2.24) is 25.6 Å². The molecule has 1 aliphatic rings. The highest BCUT2D eigenvalue weighted by atomic mass is 16.5. The van der Waals surface area contributed by atoms with Crippen molar-refractivity contribution in [3.63, 3.8) is 0 Å². The Hall–Kier alpha value is -2.41. The van der Waals surface area contributed by atoms with Crippen LogP contribution < -0.4 is 10.6 Å². The van der Waals surface area contributed by atoms with Gasteiger partial charge in [-0.2, -0.15) is 0 Å². The SMILES string of the molecule is O=C(NCCCn1ccnn1)N[C@H]1CCO[C@@H](c2ccccc2)C1. The molecule has 1 aromatic heterocycles. The lowest BCUT2D eigenvalue weighted by Crippen LogP contribution is -2.45. The van der Waals surface area contributed by atoms with Crippen molar-refractivity contribution >= 4 is 6.03 Å². The first-order chi connectivity index (χ1) is 11.8. The van der Waals surface area contributed by atoms with E-state index in [1.165, 1.54) is 0 Å². The van der Waals surface area contributed by atoms with E-state index >= 15 is 0 Å². The Labute approximate surface area is 141 Å². The minimum atomic E-state index is -0.118. The van der Waals surface area contributed by atoms with Crippen LogP contribution in [-0.2, 0) is 11.3 Å². The molecule has 0 radical (unpaired) electrons. The van der Waals surface area contributed by atoms with E-state index in [9.17, 15) is 4.79 Å². The first-order valence-electron chi connectivity index (χ1n) is 8.36. The first-order valence-corrected chi connectivity index (χ1v) is 8.36. The Morgan fingerprint density at radius 1 is 1.33 bits per heavy atom. The van der Waals surface area contributed by atoms with Crippen LogP contribution in [0.1, 0.15) is 30.9 Å². The van der Waals surface area contributed by atoms with Crippen LogP contribution in [0.5, 0.6) is 0 Å². The lowest BCUT2D eigenvalue weighted by molar-refractivity contribution is 0.00226. The maximum absolute atomic E-state index is 12.0. The summed E-state index contributed by atoms with van der Waals surface area (Å²) in [4.78, 5) is 12.0. The Bertz CT molecular complexity index is 617. The largest absolute Gasteiger partial charge is 0.373 e. The third-order valence-electron chi connectivity index (χ3n) is 4.11. The highest BCUT2D eigenvalue weighted by molar-refractivity contribution is 5.74. The fraction of sp³-hybridized carbons (Fsp3) is 0.471. The molecule has 2 aromatic rings. The number of ether oxygens (including phenoxy) is 1. The first kappa shape index (κ1) is 16.4. The lowest BCUT2D eigenvalue weighted by Gasteiger charge is -2.30. The molecular weight excluding hydrogens is 306 g/mol. The molecule has 2 amide bonds. The van der Waals surface area contributed by atoms with Crippen LogP contribution in [0.15, 0.2) is 42.7 Å². The molecule has 7 nitrogen and oxygen atoms in total. The van der Waals surface area contributed by atoms with Gasteiger partial charge in [0.05, 0.1) is 12.3 Å². The Morgan fingerprint density at radius 3 is 3.00 bits per heavy atom. The van der Waals surface area contributed by atoms with Gasteiger partial charge in [0.15, 0.2) is 0 Å². The summed E-state index contributed by atoms with van der Waals surface area (Å²) in [6, 6.07) is 10.2. The van der Waals surface area contributed by atoms with Crippen molar-refractivity contribution in [2.24, 2.45) is 0 Å². The molecule has 7 heteroatoms. The summed E-state index contributed by atoms with van der Waals surface area (Å²) in [5, 5.41) is 13.6. The van der Waals surface area contributed by atoms with Gasteiger partial charge >= 0.3 is 6.03 Å². The summed E-state index contributed by atoms with van der Waals surface area (Å²) in [5.74, 6) is 0. The molecule has 0 saturated carbocycles. The molecule has 0 aliphatic carbocycles. The van der Waals surface area contributed by atoms with Crippen LogP contribution >= 0.6 is 0 Å². The molecular formula is C17H23N5O2. The number of carbonyl (C=O) groups is 1. The van der Waals surface area contributed by atoms with Gasteiger partial charge in [0.25, 0.3) is 0 Å². The van der Waals surface area contributed by atoms with Crippen molar-refractivity contribution in [3.8, 4) is 0 Å². The topological polar surface area (TPSA) is 81.1 Å². The molecule has 1 aliphatic heterocycles. The van der Waals surface area contributed by atoms with E-state index < -0.39 is 0 Å². The normalized spacial score (nSPS) is 20.5. The van der Waals surface area contributed by atoms with Crippen molar-refractivity contribution < 1.29 is 9.53 Å². The van der Waals surface area contributed by atoms with Crippen molar-refractivity contribution in [3.05, 3.63) is 48.3 Å². The number of carbonyl (C=O) groups excluding carboxylic acids is 1. The molecule has 24 heavy (non-hydrogen) atoms. The van der Waals surface area contributed by atoms with E-state index in [1.807, 2.05) is 24.4 Å². The minimum absolute atomic E-state index is 0.0533. The monoisotopic (exact) mass is 329 g/mol. The van der Waals surface area contributed by atoms with Gasteiger partial charge in [0.1, 0.15) is 0 Å². The third kappa shape index (κ3) is 4.79. The smallest absolute Gasteiger partial charge is 0.315 e. The fourth-order valence-corrected chi connectivity index (χ4v) is 2.86. The van der Waals surface area contributed by atoms with Crippen LogP contribution in [0.2, 0.25) is 0 Å². The molecule has 0 bridgehead atoms. The Morgan fingerprint density at radius 2 is 2.21 bits per heavy atom. The van der Waals surface area contributed by atoms with Gasteiger partial charge < -0.3 is 15.4 Å². The summed E-state index contributed by atoms with van der Waals surface area (Å²) < 4.78 is 7.58. The van der Waals surface area contributed by atoms with Crippen molar-refractivity contribution in [2.75, 3.05) is 13.2 Å². The summed E-state index contributed by atoms with van der Waals surface area (Å²) in [6.45, 7) is 2.02. The highest BCUT2D eigenvalue weighted by Gasteiger charge is 2.24. The molecule has 3 rings (SSSR count). The van der Waals surface area contributed by atoms with Gasteiger partial charge in [0, 0.05) is 31.9 Å². The molecule has 0 spiro atoms. The average Bonchev–Trinajstić information content (AvgIpc) is 3.13. The maximum atomic E-state index is 12.0. The lowest BCUT2D eigenvalue weighted by atomic mass is 9.97. The number of nitrogens with zero attached hydrogens (tertiary/aromatic N) is 3. The van der Waals surface area contributed by atoms with Crippen molar-refractivity contribution in [2.45, 2.75) is 38.0 Å². The predicted molar refractivity (Wildman–Crippen MR) is 89.3 cm³/mol. The summed E-state index contributed by atoms with van der Waals surface area (Å²) >= 11 is 0. The van der Waals surface area contributed by atoms with E-state index in [1.54, 1.807) is 10.9 Å². The standard InChI is InChI=1S/C17H23N5O2/c23-17(18-8-4-10-22-11-9-19-21-22)20-15-7-12-24-16(13-15)14-5-2-1-3-6-14/h1-3,5-6,9,11,15-16H,4,7-8,10,12-13H2,(H2,18,20,23)/t15-,16+/m0/s1. The van der Waals surface area contributed by atoms with Crippen LogP contribution in [0.4, 0.5) is 4.79 Å². The van der Waals surface area contributed by atoms with E-state index in [4.69, 9.17) is 4.74 Å². The predicted octanol–water partition coefficient (Wildman–Crippen LogP) is 1.89. The molecule has 1 saturated heterocycles. The Kier molecular flexibility index (Phi) is 5.79. The fourth-order valence-electron chi connectivity index (χ4n) is 2.86. The second kappa shape index (κ2) is 8.44. The zero-order valence-electron chi connectivity index (χ0n) is 13.6. The number of rotatable bonds is 6. The van der Waals surface area contributed by atoms with Crippen LogP contribution in [-0.4, -0.2) is 40.2 Å². The molecule has 2 atom stereocenters. The van der Waals surface area contributed by atoms with Gasteiger partial charge in [-0.15, -0.1) is 5.10 Å².